The Bertz CT molecular complexity index is 805. The molecule has 1 heterocycles. The predicted octanol–water partition coefficient (Wildman–Crippen LogP) is 2.71. The van der Waals surface area contributed by atoms with Crippen molar-refractivity contribution in [3.63, 3.8) is 0 Å². The first kappa shape index (κ1) is 20.7. The summed E-state index contributed by atoms with van der Waals surface area (Å²) >= 11 is 5.84. The second kappa shape index (κ2) is 7.21. The van der Waals surface area contributed by atoms with Crippen LogP contribution in [0.25, 0.3) is 0 Å². The molecule has 1 aliphatic heterocycles. The molecule has 2 unspecified atom stereocenters. The zero-order valence-electron chi connectivity index (χ0n) is 15.7. The van der Waals surface area contributed by atoms with Gasteiger partial charge < -0.3 is 10.7 Å². The fourth-order valence-electron chi connectivity index (χ4n) is 2.91. The summed E-state index contributed by atoms with van der Waals surface area (Å²) in [6.07, 6.45) is 4.40. The summed E-state index contributed by atoms with van der Waals surface area (Å²) in [6.45, 7) is 6.87. The Labute approximate surface area is 160 Å². The molecule has 0 aromatic heterocycles. The van der Waals surface area contributed by atoms with Crippen molar-refractivity contribution in [2.24, 2.45) is 5.92 Å². The third-order valence-electron chi connectivity index (χ3n) is 5.18. The number of halogens is 1. The summed E-state index contributed by atoms with van der Waals surface area (Å²) in [5.41, 5.74) is 2.24. The van der Waals surface area contributed by atoms with Gasteiger partial charge in [0.25, 0.3) is 0 Å². The highest BCUT2D eigenvalue weighted by molar-refractivity contribution is 7.93. The SMILES string of the molecule is CCC(C)C1(NC(=O)C(C)(C)S(=O)(=O)c2ccc(Cl)cc2)C=CNN1C. The van der Waals surface area contributed by atoms with Crippen LogP contribution >= 0.6 is 11.6 Å². The molecule has 1 aliphatic rings. The van der Waals surface area contributed by atoms with E-state index in [9.17, 15) is 13.2 Å². The minimum absolute atomic E-state index is 0.0630. The average Bonchev–Trinajstić information content (AvgIpc) is 2.95. The summed E-state index contributed by atoms with van der Waals surface area (Å²) in [4.78, 5) is 13.1. The lowest BCUT2D eigenvalue weighted by Crippen LogP contribution is -2.65. The van der Waals surface area contributed by atoms with Crippen LogP contribution < -0.4 is 10.7 Å². The van der Waals surface area contributed by atoms with Gasteiger partial charge in [-0.25, -0.2) is 8.42 Å². The molecule has 1 aromatic rings. The zero-order valence-corrected chi connectivity index (χ0v) is 17.3. The van der Waals surface area contributed by atoms with E-state index in [-0.39, 0.29) is 10.8 Å². The molecule has 0 fully saturated rings. The van der Waals surface area contributed by atoms with E-state index in [0.717, 1.165) is 6.42 Å². The molecule has 0 radical (unpaired) electrons. The minimum Gasteiger partial charge on any atom is -0.331 e. The molecule has 144 valence electrons. The van der Waals surface area contributed by atoms with E-state index in [2.05, 4.69) is 10.7 Å². The van der Waals surface area contributed by atoms with Gasteiger partial charge in [0.2, 0.25) is 5.91 Å². The zero-order chi connectivity index (χ0) is 19.8. The van der Waals surface area contributed by atoms with Crippen LogP contribution in [-0.2, 0) is 14.6 Å². The smallest absolute Gasteiger partial charge is 0.243 e. The number of nitrogens with zero attached hydrogens (tertiary/aromatic N) is 1. The van der Waals surface area contributed by atoms with Crippen LogP contribution in [0.5, 0.6) is 0 Å². The van der Waals surface area contributed by atoms with E-state index in [1.54, 1.807) is 11.2 Å². The normalized spacial score (nSPS) is 22.1. The average molecular weight is 400 g/mol. The first-order chi connectivity index (χ1) is 12.0. The summed E-state index contributed by atoms with van der Waals surface area (Å²) in [6, 6.07) is 5.83. The number of amides is 1. The summed E-state index contributed by atoms with van der Waals surface area (Å²) < 4.78 is 24.5. The lowest BCUT2D eigenvalue weighted by atomic mass is 9.91. The summed E-state index contributed by atoms with van der Waals surface area (Å²) in [7, 11) is -2.09. The molecule has 26 heavy (non-hydrogen) atoms. The molecule has 1 aromatic carbocycles. The van der Waals surface area contributed by atoms with Crippen LogP contribution in [0.4, 0.5) is 0 Å². The Morgan fingerprint density at radius 2 is 1.92 bits per heavy atom. The molecule has 6 nitrogen and oxygen atoms in total. The predicted molar refractivity (Wildman–Crippen MR) is 103 cm³/mol. The number of hydrazine groups is 1. The molecule has 2 rings (SSSR count). The lowest BCUT2D eigenvalue weighted by Gasteiger charge is -2.42. The Hall–Kier alpha value is -1.57. The van der Waals surface area contributed by atoms with E-state index >= 15 is 0 Å². The molecule has 1 amide bonds. The van der Waals surface area contributed by atoms with Gasteiger partial charge in [-0.2, -0.15) is 5.01 Å². The number of carbonyl (C=O) groups excluding carboxylic acids is 1. The van der Waals surface area contributed by atoms with Crippen molar-refractivity contribution in [3.05, 3.63) is 41.6 Å². The largest absolute Gasteiger partial charge is 0.331 e. The van der Waals surface area contributed by atoms with Crippen LogP contribution in [0.1, 0.15) is 34.1 Å². The Morgan fingerprint density at radius 1 is 1.35 bits per heavy atom. The van der Waals surface area contributed by atoms with Crippen molar-refractivity contribution >= 4 is 27.3 Å². The van der Waals surface area contributed by atoms with E-state index in [0.29, 0.717) is 5.02 Å². The number of likely N-dealkylation sites (N-methyl/N-ethyl adjacent to an activating group) is 1. The fourth-order valence-corrected chi connectivity index (χ4v) is 4.42. The minimum atomic E-state index is -3.91. The third-order valence-corrected chi connectivity index (χ3v) is 7.85. The van der Waals surface area contributed by atoms with E-state index in [1.807, 2.05) is 27.0 Å². The highest BCUT2D eigenvalue weighted by Crippen LogP contribution is 2.31. The van der Waals surface area contributed by atoms with Crippen molar-refractivity contribution in [1.82, 2.24) is 15.8 Å². The molecule has 0 saturated heterocycles. The maximum atomic E-state index is 13.1. The van der Waals surface area contributed by atoms with Crippen LogP contribution in [0.15, 0.2) is 41.4 Å². The van der Waals surface area contributed by atoms with E-state index < -0.39 is 26.2 Å². The van der Waals surface area contributed by atoms with Gasteiger partial charge in [0.05, 0.1) is 4.90 Å². The molecule has 8 heteroatoms. The van der Waals surface area contributed by atoms with Crippen molar-refractivity contribution in [3.8, 4) is 0 Å². The fraction of sp³-hybridized carbons (Fsp3) is 0.500. The Balaban J connectivity index is 2.37. The highest BCUT2D eigenvalue weighted by Gasteiger charge is 2.48. The number of sulfone groups is 1. The van der Waals surface area contributed by atoms with Crippen molar-refractivity contribution in [1.29, 1.82) is 0 Å². The van der Waals surface area contributed by atoms with Gasteiger partial charge >= 0.3 is 0 Å². The molecular weight excluding hydrogens is 374 g/mol. The molecule has 0 saturated carbocycles. The van der Waals surface area contributed by atoms with Gasteiger partial charge in [0.1, 0.15) is 10.4 Å². The molecule has 0 spiro atoms. The maximum absolute atomic E-state index is 13.1. The Kier molecular flexibility index (Phi) is 5.75. The maximum Gasteiger partial charge on any atom is 0.243 e. The standard InChI is InChI=1S/C18H26ClN3O3S/c1-6-13(2)18(11-12-20-22(18)5)21-16(23)17(3,4)26(24,25)15-9-7-14(19)8-10-15/h7-13,20H,6H2,1-5H3,(H,21,23). The van der Waals surface area contributed by atoms with Crippen LogP contribution in [0.2, 0.25) is 5.02 Å². The van der Waals surface area contributed by atoms with Gasteiger partial charge in [-0.15, -0.1) is 0 Å². The first-order valence-electron chi connectivity index (χ1n) is 8.49. The number of rotatable bonds is 6. The lowest BCUT2D eigenvalue weighted by molar-refractivity contribution is -0.127. The van der Waals surface area contributed by atoms with Crippen molar-refractivity contribution < 1.29 is 13.2 Å². The van der Waals surface area contributed by atoms with Crippen LogP contribution in [0, 0.1) is 5.92 Å². The molecule has 0 bridgehead atoms. The third kappa shape index (κ3) is 3.35. The molecule has 0 aliphatic carbocycles. The van der Waals surface area contributed by atoms with E-state index in [1.165, 1.54) is 38.1 Å². The highest BCUT2D eigenvalue weighted by atomic mass is 35.5. The number of benzene rings is 1. The van der Waals surface area contributed by atoms with Gasteiger partial charge in [0.15, 0.2) is 9.84 Å². The number of hydrogen-bond donors (Lipinski definition) is 2. The van der Waals surface area contributed by atoms with Gasteiger partial charge in [0, 0.05) is 18.3 Å². The molecule has 2 atom stereocenters. The molecule has 2 N–H and O–H groups in total. The number of hydrogen-bond acceptors (Lipinski definition) is 5. The molecular formula is C18H26ClN3O3S. The number of carbonyl (C=O) groups is 1. The van der Waals surface area contributed by atoms with E-state index in [4.69, 9.17) is 11.6 Å². The van der Waals surface area contributed by atoms with Gasteiger partial charge in [-0.1, -0.05) is 25.4 Å². The quantitative estimate of drug-likeness (QED) is 0.768. The van der Waals surface area contributed by atoms with Crippen molar-refractivity contribution in [2.75, 3.05) is 7.05 Å². The summed E-state index contributed by atoms with van der Waals surface area (Å²) in [5.74, 6) is -0.496. The van der Waals surface area contributed by atoms with Gasteiger partial charge in [-0.05, 0) is 56.5 Å². The topological polar surface area (TPSA) is 78.5 Å². The number of nitrogens with one attached hydrogen (secondary N) is 2. The van der Waals surface area contributed by atoms with Gasteiger partial charge in [-0.3, -0.25) is 4.79 Å². The monoisotopic (exact) mass is 399 g/mol. The second-order valence-corrected chi connectivity index (χ2v) is 10.0. The second-order valence-electron chi connectivity index (χ2n) is 7.08. The van der Waals surface area contributed by atoms with Crippen LogP contribution in [0.3, 0.4) is 0 Å². The first-order valence-corrected chi connectivity index (χ1v) is 10.4. The van der Waals surface area contributed by atoms with Crippen molar-refractivity contribution in [2.45, 2.75) is 49.4 Å². The Morgan fingerprint density at radius 3 is 2.38 bits per heavy atom. The van der Waals surface area contributed by atoms with Crippen LogP contribution in [-0.4, -0.2) is 36.8 Å². The summed E-state index contributed by atoms with van der Waals surface area (Å²) in [5, 5.41) is 5.17.